The molecule has 0 aliphatic carbocycles. The fourth-order valence-electron chi connectivity index (χ4n) is 4.38. The molecule has 1 amide bonds. The molecule has 6 nitrogen and oxygen atoms in total. The lowest BCUT2D eigenvalue weighted by atomic mass is 10.1. The van der Waals surface area contributed by atoms with Gasteiger partial charge in [-0.1, -0.05) is 17.7 Å². The number of benzene rings is 2. The van der Waals surface area contributed by atoms with Gasteiger partial charge in [-0.25, -0.2) is 0 Å². The summed E-state index contributed by atoms with van der Waals surface area (Å²) in [7, 11) is 0. The highest BCUT2D eigenvalue weighted by Crippen LogP contribution is 2.29. The number of aromatic amines is 1. The van der Waals surface area contributed by atoms with Crippen LogP contribution in [0.15, 0.2) is 61.1 Å². The third-order valence-corrected chi connectivity index (χ3v) is 6.17. The smallest absolute Gasteiger partial charge is 0.254 e. The highest BCUT2D eigenvalue weighted by Gasteiger charge is 2.33. The minimum atomic E-state index is 0.0664. The van der Waals surface area contributed by atoms with E-state index in [1.165, 1.54) is 0 Å². The van der Waals surface area contributed by atoms with Crippen molar-refractivity contribution in [3.05, 3.63) is 71.6 Å². The second-order valence-electron chi connectivity index (χ2n) is 8.00. The number of carbonyl (C=O) groups is 1. The predicted octanol–water partition coefficient (Wildman–Crippen LogP) is 4.63. The van der Waals surface area contributed by atoms with E-state index in [1.807, 2.05) is 23.5 Å². The molecule has 7 heteroatoms. The van der Waals surface area contributed by atoms with Crippen molar-refractivity contribution in [1.82, 2.24) is 24.9 Å². The van der Waals surface area contributed by atoms with E-state index in [-0.39, 0.29) is 11.9 Å². The molecule has 1 N–H and O–H groups in total. The molecule has 1 unspecified atom stereocenters. The van der Waals surface area contributed by atoms with Crippen LogP contribution in [0.4, 0.5) is 0 Å². The number of aromatic nitrogens is 4. The van der Waals surface area contributed by atoms with Crippen LogP contribution < -0.4 is 0 Å². The van der Waals surface area contributed by atoms with Crippen LogP contribution in [0.1, 0.15) is 23.7 Å². The molecule has 152 valence electrons. The number of H-pyrrole nitrogens is 1. The molecule has 0 radical (unpaired) electrons. The Labute approximate surface area is 179 Å². The van der Waals surface area contributed by atoms with E-state index in [0.29, 0.717) is 16.5 Å². The number of nitrogens with one attached hydrogen (secondary N) is 1. The Morgan fingerprint density at radius 3 is 2.77 bits per heavy atom. The third kappa shape index (κ3) is 3.48. The molecule has 2 aromatic carbocycles. The standard InChI is InChI=1S/C23H22ClN5O/c1-15-8-16(13-28(15)23(30)17-2-5-21(24)6-3-17)14-29-22-7-4-18(9-19(22)12-27-29)20-10-25-26-11-20/h2-7,9-12,15-16H,8,13-14H2,1H3,(H,25,26)/t15-,16?/m1/s1. The summed E-state index contributed by atoms with van der Waals surface area (Å²) < 4.78 is 2.06. The quantitative estimate of drug-likeness (QED) is 0.524. The van der Waals surface area contributed by atoms with Gasteiger partial charge >= 0.3 is 0 Å². The summed E-state index contributed by atoms with van der Waals surface area (Å²) in [6.07, 6.45) is 6.58. The Hall–Kier alpha value is -3.12. The molecule has 5 rings (SSSR count). The molecule has 1 fully saturated rings. The van der Waals surface area contributed by atoms with Crippen molar-refractivity contribution in [2.75, 3.05) is 6.54 Å². The van der Waals surface area contributed by atoms with Crippen molar-refractivity contribution in [1.29, 1.82) is 0 Å². The second-order valence-corrected chi connectivity index (χ2v) is 8.44. The predicted molar refractivity (Wildman–Crippen MR) is 117 cm³/mol. The highest BCUT2D eigenvalue weighted by molar-refractivity contribution is 6.30. The van der Waals surface area contributed by atoms with E-state index in [0.717, 1.165) is 41.5 Å². The van der Waals surface area contributed by atoms with Crippen LogP contribution in [0.3, 0.4) is 0 Å². The molecule has 0 bridgehead atoms. The zero-order valence-electron chi connectivity index (χ0n) is 16.6. The maximum atomic E-state index is 12.9. The van der Waals surface area contributed by atoms with Crippen LogP contribution in [0.5, 0.6) is 0 Å². The van der Waals surface area contributed by atoms with Gasteiger partial charge in [-0.2, -0.15) is 10.2 Å². The average molecular weight is 420 g/mol. The summed E-state index contributed by atoms with van der Waals surface area (Å²) >= 11 is 5.95. The van der Waals surface area contributed by atoms with Crippen LogP contribution >= 0.6 is 11.6 Å². The molecule has 0 spiro atoms. The Balaban J connectivity index is 1.32. The first-order chi connectivity index (χ1) is 14.6. The summed E-state index contributed by atoms with van der Waals surface area (Å²) in [6, 6.07) is 13.7. The monoisotopic (exact) mass is 419 g/mol. The Morgan fingerprint density at radius 1 is 1.17 bits per heavy atom. The summed E-state index contributed by atoms with van der Waals surface area (Å²) in [5.41, 5.74) is 3.97. The van der Waals surface area contributed by atoms with Gasteiger partial charge in [0.1, 0.15) is 0 Å². The van der Waals surface area contributed by atoms with Crippen molar-refractivity contribution < 1.29 is 4.79 Å². The first-order valence-corrected chi connectivity index (χ1v) is 10.5. The maximum absolute atomic E-state index is 12.9. The molecule has 1 aliphatic rings. The summed E-state index contributed by atoms with van der Waals surface area (Å²) in [6.45, 7) is 3.65. The number of hydrogen-bond acceptors (Lipinski definition) is 3. The molecule has 3 heterocycles. The number of amides is 1. The average Bonchev–Trinajstić information content (AvgIpc) is 3.49. The number of nitrogens with zero attached hydrogens (tertiary/aromatic N) is 4. The molecule has 0 saturated carbocycles. The fourth-order valence-corrected chi connectivity index (χ4v) is 4.51. The zero-order chi connectivity index (χ0) is 20.7. The minimum Gasteiger partial charge on any atom is -0.336 e. The molecule has 1 saturated heterocycles. The van der Waals surface area contributed by atoms with E-state index in [1.54, 1.807) is 24.3 Å². The van der Waals surface area contributed by atoms with Crippen LogP contribution in [0, 0.1) is 5.92 Å². The van der Waals surface area contributed by atoms with Crippen LogP contribution in [-0.4, -0.2) is 43.4 Å². The van der Waals surface area contributed by atoms with Crippen molar-refractivity contribution in [3.63, 3.8) is 0 Å². The van der Waals surface area contributed by atoms with E-state index in [4.69, 9.17) is 11.6 Å². The van der Waals surface area contributed by atoms with Gasteiger partial charge in [0.2, 0.25) is 0 Å². The number of rotatable bonds is 4. The summed E-state index contributed by atoms with van der Waals surface area (Å²) in [4.78, 5) is 14.9. The number of carbonyl (C=O) groups excluding carboxylic acids is 1. The molecule has 2 aromatic heterocycles. The number of likely N-dealkylation sites (tertiary alicyclic amines) is 1. The van der Waals surface area contributed by atoms with Gasteiger partial charge in [0.15, 0.2) is 0 Å². The SMILES string of the molecule is C[C@@H]1CC(Cn2ncc3cc(-c4cn[nH]c4)ccc32)CN1C(=O)c1ccc(Cl)cc1. The topological polar surface area (TPSA) is 66.8 Å². The van der Waals surface area contributed by atoms with E-state index >= 15 is 0 Å². The maximum Gasteiger partial charge on any atom is 0.254 e. The van der Waals surface area contributed by atoms with E-state index in [2.05, 4.69) is 45.1 Å². The van der Waals surface area contributed by atoms with Gasteiger partial charge in [-0.15, -0.1) is 0 Å². The van der Waals surface area contributed by atoms with Crippen molar-refractivity contribution >= 4 is 28.4 Å². The zero-order valence-corrected chi connectivity index (χ0v) is 17.4. The molecular weight excluding hydrogens is 398 g/mol. The molecular formula is C23H22ClN5O. The molecule has 1 aliphatic heterocycles. The van der Waals surface area contributed by atoms with E-state index < -0.39 is 0 Å². The van der Waals surface area contributed by atoms with Gasteiger partial charge in [0.25, 0.3) is 5.91 Å². The second kappa shape index (κ2) is 7.61. The largest absolute Gasteiger partial charge is 0.336 e. The lowest BCUT2D eigenvalue weighted by Gasteiger charge is -2.21. The van der Waals surface area contributed by atoms with Gasteiger partial charge in [-0.05, 0) is 61.2 Å². The first kappa shape index (κ1) is 18.9. The number of fused-ring (bicyclic) bond motifs is 1. The van der Waals surface area contributed by atoms with Crippen molar-refractivity contribution in [2.24, 2.45) is 5.92 Å². The normalized spacial score (nSPS) is 18.9. The van der Waals surface area contributed by atoms with Crippen molar-refractivity contribution in [3.8, 4) is 11.1 Å². The Kier molecular flexibility index (Phi) is 4.79. The summed E-state index contributed by atoms with van der Waals surface area (Å²) in [5.74, 6) is 0.435. The van der Waals surface area contributed by atoms with Crippen LogP contribution in [0.2, 0.25) is 5.02 Å². The molecule has 2 atom stereocenters. The number of hydrogen-bond donors (Lipinski definition) is 1. The lowest BCUT2D eigenvalue weighted by molar-refractivity contribution is 0.0742. The fraction of sp³-hybridized carbons (Fsp3) is 0.261. The minimum absolute atomic E-state index is 0.0664. The highest BCUT2D eigenvalue weighted by atomic mass is 35.5. The number of halogens is 1. The van der Waals surface area contributed by atoms with Crippen molar-refractivity contribution in [2.45, 2.75) is 25.9 Å². The van der Waals surface area contributed by atoms with E-state index in [9.17, 15) is 4.79 Å². The van der Waals surface area contributed by atoms with Gasteiger partial charge < -0.3 is 4.90 Å². The van der Waals surface area contributed by atoms with Gasteiger partial charge in [0, 0.05) is 46.9 Å². The summed E-state index contributed by atoms with van der Waals surface area (Å²) in [5, 5.41) is 13.2. The Morgan fingerprint density at radius 2 is 2.00 bits per heavy atom. The molecule has 4 aromatic rings. The van der Waals surface area contributed by atoms with Gasteiger partial charge in [-0.3, -0.25) is 14.6 Å². The molecule has 30 heavy (non-hydrogen) atoms. The lowest BCUT2D eigenvalue weighted by Crippen LogP contribution is -2.34. The third-order valence-electron chi connectivity index (χ3n) is 5.92. The van der Waals surface area contributed by atoms with Crippen LogP contribution in [0.25, 0.3) is 22.0 Å². The van der Waals surface area contributed by atoms with Crippen LogP contribution in [-0.2, 0) is 6.54 Å². The Bertz CT molecular complexity index is 1180. The first-order valence-electron chi connectivity index (χ1n) is 10.1. The van der Waals surface area contributed by atoms with Gasteiger partial charge in [0.05, 0.1) is 17.9 Å².